The third-order valence-electron chi connectivity index (χ3n) is 8.00. The van der Waals surface area contributed by atoms with Crippen LogP contribution in [0.3, 0.4) is 0 Å². The third kappa shape index (κ3) is 3.09. The average Bonchev–Trinajstić information content (AvgIpc) is 3.15. The van der Waals surface area contributed by atoms with Gasteiger partial charge in [-0.15, -0.1) is 0 Å². The molecule has 0 aromatic heterocycles. The van der Waals surface area contributed by atoms with Gasteiger partial charge in [0.15, 0.2) is 0 Å². The van der Waals surface area contributed by atoms with E-state index in [1.54, 1.807) is 16.7 Å². The van der Waals surface area contributed by atoms with Crippen molar-refractivity contribution >= 4 is 29.5 Å². The minimum Gasteiger partial charge on any atom is -0.378 e. The number of carbonyl (C=O) groups excluding carboxylic acids is 3. The zero-order valence-corrected chi connectivity index (χ0v) is 20.0. The van der Waals surface area contributed by atoms with E-state index in [0.717, 1.165) is 22.3 Å². The molecule has 0 radical (unpaired) electrons. The molecule has 2 aromatic carbocycles. The van der Waals surface area contributed by atoms with Crippen LogP contribution >= 0.6 is 11.8 Å². The van der Waals surface area contributed by atoms with Gasteiger partial charge in [-0.2, -0.15) is 11.8 Å². The Hall–Kier alpha value is -2.64. The van der Waals surface area contributed by atoms with Crippen LogP contribution in [0.15, 0.2) is 48.5 Å². The van der Waals surface area contributed by atoms with Gasteiger partial charge in [-0.1, -0.05) is 48.5 Å². The van der Waals surface area contributed by atoms with Gasteiger partial charge in [0.1, 0.15) is 6.04 Å². The SMILES string of the molecule is CSCC[C@@H](C(=O)N1CCOCC1)N1C(=O)[C@H]2C3c4ccccc4C(c4ccccc43)[C@@H]2C1=O. The van der Waals surface area contributed by atoms with Gasteiger partial charge >= 0.3 is 0 Å². The second-order valence-electron chi connectivity index (χ2n) is 9.55. The summed E-state index contributed by atoms with van der Waals surface area (Å²) in [5, 5.41) is 0. The lowest BCUT2D eigenvalue weighted by molar-refractivity contribution is -0.153. The molecule has 176 valence electrons. The molecule has 7 rings (SSSR count). The summed E-state index contributed by atoms with van der Waals surface area (Å²) in [7, 11) is 0. The fourth-order valence-corrected chi connectivity index (χ4v) is 7.05. The summed E-state index contributed by atoms with van der Waals surface area (Å²) < 4.78 is 5.42. The predicted molar refractivity (Wildman–Crippen MR) is 130 cm³/mol. The number of nitrogens with zero attached hydrogens (tertiary/aromatic N) is 2. The predicted octanol–water partition coefficient (Wildman–Crippen LogP) is 2.86. The number of likely N-dealkylation sites (tertiary alicyclic amines) is 1. The molecule has 6 nitrogen and oxygen atoms in total. The fraction of sp³-hybridized carbons (Fsp3) is 0.444. The van der Waals surface area contributed by atoms with Crippen LogP contribution in [0, 0.1) is 11.8 Å². The lowest BCUT2D eigenvalue weighted by Gasteiger charge is -2.45. The van der Waals surface area contributed by atoms with Crippen molar-refractivity contribution in [3.05, 3.63) is 70.8 Å². The van der Waals surface area contributed by atoms with E-state index in [0.29, 0.717) is 38.5 Å². The summed E-state index contributed by atoms with van der Waals surface area (Å²) >= 11 is 1.63. The Morgan fingerprint density at radius 2 is 1.38 bits per heavy atom. The average molecular weight is 477 g/mol. The molecule has 2 heterocycles. The van der Waals surface area contributed by atoms with Gasteiger partial charge in [-0.25, -0.2) is 0 Å². The molecule has 2 aliphatic heterocycles. The van der Waals surface area contributed by atoms with Crippen LogP contribution in [0.1, 0.15) is 40.5 Å². The number of amides is 3. The molecule has 5 aliphatic rings. The fourth-order valence-electron chi connectivity index (χ4n) is 6.59. The Labute approximate surface area is 203 Å². The van der Waals surface area contributed by atoms with Gasteiger partial charge < -0.3 is 9.64 Å². The van der Waals surface area contributed by atoms with Crippen LogP contribution in [-0.2, 0) is 19.1 Å². The van der Waals surface area contributed by atoms with E-state index in [4.69, 9.17) is 4.74 Å². The molecular formula is C27H28N2O4S. The molecule has 2 aromatic rings. The summed E-state index contributed by atoms with van der Waals surface area (Å²) in [5.74, 6) is -0.968. The number of thioether (sulfide) groups is 1. The van der Waals surface area contributed by atoms with Crippen molar-refractivity contribution in [1.29, 1.82) is 0 Å². The van der Waals surface area contributed by atoms with Gasteiger partial charge in [0, 0.05) is 24.9 Å². The molecule has 2 bridgehead atoms. The van der Waals surface area contributed by atoms with E-state index in [2.05, 4.69) is 24.3 Å². The second kappa shape index (κ2) is 8.54. The van der Waals surface area contributed by atoms with E-state index in [9.17, 15) is 14.4 Å². The first-order valence-corrected chi connectivity index (χ1v) is 13.4. The van der Waals surface area contributed by atoms with Crippen LogP contribution in [0.4, 0.5) is 0 Å². The Balaban J connectivity index is 1.42. The molecule has 34 heavy (non-hydrogen) atoms. The minimum atomic E-state index is -0.748. The summed E-state index contributed by atoms with van der Waals surface area (Å²) in [5.41, 5.74) is 4.59. The van der Waals surface area contributed by atoms with Crippen molar-refractivity contribution in [1.82, 2.24) is 9.80 Å². The Bertz CT molecular complexity index is 1050. The molecular weight excluding hydrogens is 448 g/mol. The van der Waals surface area contributed by atoms with Crippen molar-refractivity contribution in [2.24, 2.45) is 11.8 Å². The van der Waals surface area contributed by atoms with Crippen molar-refractivity contribution in [3.63, 3.8) is 0 Å². The zero-order chi connectivity index (χ0) is 23.4. The Morgan fingerprint density at radius 3 is 1.82 bits per heavy atom. The van der Waals surface area contributed by atoms with E-state index in [1.165, 1.54) is 4.90 Å². The molecule has 2 saturated heterocycles. The highest BCUT2D eigenvalue weighted by Crippen LogP contribution is 2.61. The topological polar surface area (TPSA) is 66.9 Å². The number of morpholine rings is 1. The maximum Gasteiger partial charge on any atom is 0.246 e. The number of hydrogen-bond acceptors (Lipinski definition) is 5. The molecule has 7 heteroatoms. The summed E-state index contributed by atoms with van der Waals surface area (Å²) in [6.07, 6.45) is 2.46. The molecule has 3 aliphatic carbocycles. The van der Waals surface area contributed by atoms with Crippen LogP contribution in [0.25, 0.3) is 0 Å². The van der Waals surface area contributed by atoms with Crippen molar-refractivity contribution in [2.45, 2.75) is 24.3 Å². The van der Waals surface area contributed by atoms with Crippen molar-refractivity contribution < 1.29 is 19.1 Å². The second-order valence-corrected chi connectivity index (χ2v) is 10.5. The number of imide groups is 1. The minimum absolute atomic E-state index is 0.125. The molecule has 3 atom stereocenters. The van der Waals surface area contributed by atoms with Gasteiger partial charge in [0.25, 0.3) is 0 Å². The molecule has 3 amide bonds. The van der Waals surface area contributed by atoms with Crippen LogP contribution in [0.5, 0.6) is 0 Å². The third-order valence-corrected chi connectivity index (χ3v) is 8.64. The van der Waals surface area contributed by atoms with Crippen molar-refractivity contribution in [3.8, 4) is 0 Å². The van der Waals surface area contributed by atoms with E-state index in [1.807, 2.05) is 30.5 Å². The number of benzene rings is 2. The molecule has 0 N–H and O–H groups in total. The van der Waals surface area contributed by atoms with Gasteiger partial charge in [-0.05, 0) is 40.7 Å². The smallest absolute Gasteiger partial charge is 0.246 e. The number of carbonyl (C=O) groups is 3. The van der Waals surface area contributed by atoms with E-state index < -0.39 is 17.9 Å². The summed E-state index contributed by atoms with van der Waals surface area (Å²) in [4.78, 5) is 44.8. The van der Waals surface area contributed by atoms with Gasteiger partial charge in [0.05, 0.1) is 25.0 Å². The molecule has 0 saturated carbocycles. The Kier molecular flexibility index (Phi) is 5.49. The first-order chi connectivity index (χ1) is 16.6. The largest absolute Gasteiger partial charge is 0.378 e. The van der Waals surface area contributed by atoms with Crippen LogP contribution in [0.2, 0.25) is 0 Å². The highest BCUT2D eigenvalue weighted by Gasteiger charge is 2.63. The lowest BCUT2D eigenvalue weighted by Crippen LogP contribution is -2.54. The van der Waals surface area contributed by atoms with Crippen LogP contribution in [-0.4, -0.2) is 71.9 Å². The molecule has 0 unspecified atom stereocenters. The normalized spacial score (nSPS) is 27.9. The quantitative estimate of drug-likeness (QED) is 0.621. The van der Waals surface area contributed by atoms with Gasteiger partial charge in [0.2, 0.25) is 17.7 Å². The Morgan fingerprint density at radius 1 is 0.912 bits per heavy atom. The zero-order valence-electron chi connectivity index (χ0n) is 19.2. The summed E-state index contributed by atoms with van der Waals surface area (Å²) in [6, 6.07) is 15.7. The monoisotopic (exact) mass is 476 g/mol. The number of ether oxygens (including phenoxy) is 1. The van der Waals surface area contributed by atoms with Gasteiger partial charge in [-0.3, -0.25) is 19.3 Å². The van der Waals surface area contributed by atoms with E-state index >= 15 is 0 Å². The maximum absolute atomic E-state index is 14.1. The molecule has 0 spiro atoms. The highest BCUT2D eigenvalue weighted by molar-refractivity contribution is 7.98. The summed E-state index contributed by atoms with van der Waals surface area (Å²) in [6.45, 7) is 1.98. The first kappa shape index (κ1) is 21.9. The highest BCUT2D eigenvalue weighted by atomic mass is 32.2. The molecule has 2 fully saturated rings. The maximum atomic E-state index is 14.1. The lowest BCUT2D eigenvalue weighted by atomic mass is 9.55. The first-order valence-electron chi connectivity index (χ1n) is 12.0. The van der Waals surface area contributed by atoms with Crippen LogP contribution < -0.4 is 0 Å². The van der Waals surface area contributed by atoms with E-state index in [-0.39, 0.29) is 29.6 Å². The van der Waals surface area contributed by atoms with Crippen molar-refractivity contribution in [2.75, 3.05) is 38.3 Å². The number of rotatable bonds is 5. The standard InChI is InChI=1S/C27H28N2O4S/c1-34-15-10-20(25(30)28-11-13-33-14-12-28)29-26(31)23-21-16-6-2-3-7-17(16)22(24(23)27(29)32)19-9-5-4-8-18(19)21/h2-9,20-24H,10-15H2,1H3/t20-,21?,22?,23-,24-/m0/s1. The number of hydrogen-bond donors (Lipinski definition) is 0.